The lowest BCUT2D eigenvalue weighted by Gasteiger charge is -2.20. The summed E-state index contributed by atoms with van der Waals surface area (Å²) in [6.45, 7) is 0. The van der Waals surface area contributed by atoms with Crippen LogP contribution >= 0.6 is 11.8 Å². The molecule has 0 aliphatic rings. The van der Waals surface area contributed by atoms with Crippen molar-refractivity contribution in [2.45, 2.75) is 11.3 Å². The second kappa shape index (κ2) is 6.43. The van der Waals surface area contributed by atoms with Gasteiger partial charge in [-0.2, -0.15) is 0 Å². The van der Waals surface area contributed by atoms with E-state index >= 15 is 0 Å². The van der Waals surface area contributed by atoms with Gasteiger partial charge in [0, 0.05) is 24.1 Å². The third-order valence-electron chi connectivity index (χ3n) is 3.05. The van der Waals surface area contributed by atoms with Gasteiger partial charge in [-0.1, -0.05) is 30.3 Å². The molecule has 2 rings (SSSR count). The first-order valence-corrected chi connectivity index (χ1v) is 7.42. The second-order valence-corrected chi connectivity index (χ2v) is 5.25. The van der Waals surface area contributed by atoms with E-state index in [0.29, 0.717) is 12.3 Å². The van der Waals surface area contributed by atoms with E-state index < -0.39 is 0 Å². The van der Waals surface area contributed by atoms with Crippen LogP contribution in [0.25, 0.3) is 0 Å². The van der Waals surface area contributed by atoms with Crippen molar-refractivity contribution in [2.24, 2.45) is 0 Å². The molecule has 98 valence electrons. The van der Waals surface area contributed by atoms with Gasteiger partial charge in [0.25, 0.3) is 0 Å². The van der Waals surface area contributed by atoms with Crippen molar-refractivity contribution >= 4 is 23.3 Å². The molecule has 0 atom stereocenters. The van der Waals surface area contributed by atoms with Crippen LogP contribution in [0.4, 0.5) is 5.69 Å². The van der Waals surface area contributed by atoms with Gasteiger partial charge < -0.3 is 4.90 Å². The molecular formula is C16H18N2S. The molecule has 0 saturated heterocycles. The van der Waals surface area contributed by atoms with Gasteiger partial charge in [0.05, 0.1) is 0 Å². The van der Waals surface area contributed by atoms with Gasteiger partial charge >= 0.3 is 0 Å². The summed E-state index contributed by atoms with van der Waals surface area (Å²) in [5, 5.41) is 8.22. The normalized spacial score (nSPS) is 10.2. The molecule has 0 heterocycles. The highest BCUT2D eigenvalue weighted by Crippen LogP contribution is 2.18. The van der Waals surface area contributed by atoms with Crippen molar-refractivity contribution in [3.05, 3.63) is 60.2 Å². The molecule has 2 aromatic carbocycles. The summed E-state index contributed by atoms with van der Waals surface area (Å²) in [7, 11) is 1.94. The number of rotatable bonds is 4. The van der Waals surface area contributed by atoms with E-state index in [1.165, 1.54) is 10.5 Å². The van der Waals surface area contributed by atoms with Gasteiger partial charge in [-0.05, 0) is 36.1 Å². The Labute approximate surface area is 119 Å². The lowest BCUT2D eigenvalue weighted by Crippen LogP contribution is -2.27. The van der Waals surface area contributed by atoms with E-state index in [4.69, 9.17) is 5.41 Å². The van der Waals surface area contributed by atoms with Gasteiger partial charge in [-0.25, -0.2) is 0 Å². The van der Waals surface area contributed by atoms with Crippen molar-refractivity contribution in [3.63, 3.8) is 0 Å². The fourth-order valence-electron chi connectivity index (χ4n) is 1.90. The molecule has 0 bridgehead atoms. The minimum atomic E-state index is 0.601. The minimum Gasteiger partial charge on any atom is -0.333 e. The molecule has 3 heteroatoms. The zero-order valence-corrected chi connectivity index (χ0v) is 12.1. The Bertz CT molecular complexity index is 552. The Morgan fingerprint density at radius 3 is 2.53 bits per heavy atom. The number of nitrogens with one attached hydrogen (secondary N) is 1. The fourth-order valence-corrected chi connectivity index (χ4v) is 2.39. The zero-order chi connectivity index (χ0) is 13.7. The van der Waals surface area contributed by atoms with Crippen LogP contribution in [0.3, 0.4) is 0 Å². The molecule has 2 nitrogen and oxygen atoms in total. The Balaban J connectivity index is 2.08. The average Bonchev–Trinajstić information content (AvgIpc) is 2.47. The quantitative estimate of drug-likeness (QED) is 0.515. The highest BCUT2D eigenvalue weighted by Gasteiger charge is 2.07. The topological polar surface area (TPSA) is 27.1 Å². The number of benzene rings is 2. The number of likely N-dealkylation sites (N-methyl/N-ethyl adjacent to an activating group) is 1. The maximum Gasteiger partial charge on any atom is 0.104 e. The van der Waals surface area contributed by atoms with Gasteiger partial charge in [0.1, 0.15) is 5.84 Å². The maximum atomic E-state index is 8.22. The summed E-state index contributed by atoms with van der Waals surface area (Å²) in [5.41, 5.74) is 2.23. The molecule has 0 unspecified atom stereocenters. The number of nitrogens with zero attached hydrogens (tertiary/aromatic N) is 1. The Morgan fingerprint density at radius 2 is 1.84 bits per heavy atom. The van der Waals surface area contributed by atoms with Crippen molar-refractivity contribution < 1.29 is 0 Å². The van der Waals surface area contributed by atoms with E-state index in [1.54, 1.807) is 11.8 Å². The molecule has 2 aromatic rings. The highest BCUT2D eigenvalue weighted by atomic mass is 32.2. The molecule has 0 amide bonds. The van der Waals surface area contributed by atoms with Crippen LogP contribution in [-0.2, 0) is 6.42 Å². The van der Waals surface area contributed by atoms with Crippen LogP contribution in [0, 0.1) is 5.41 Å². The lowest BCUT2D eigenvalue weighted by atomic mass is 10.1. The summed E-state index contributed by atoms with van der Waals surface area (Å²) >= 11 is 1.73. The molecule has 0 radical (unpaired) electrons. The van der Waals surface area contributed by atoms with E-state index in [1.807, 2.05) is 42.3 Å². The van der Waals surface area contributed by atoms with Crippen LogP contribution < -0.4 is 4.90 Å². The monoisotopic (exact) mass is 270 g/mol. The number of thioether (sulfide) groups is 1. The summed E-state index contributed by atoms with van der Waals surface area (Å²) in [5.74, 6) is 0.601. The Morgan fingerprint density at radius 1 is 1.11 bits per heavy atom. The summed E-state index contributed by atoms with van der Waals surface area (Å²) in [6, 6.07) is 18.4. The summed E-state index contributed by atoms with van der Waals surface area (Å²) < 4.78 is 0. The summed E-state index contributed by atoms with van der Waals surface area (Å²) in [6.07, 6.45) is 2.72. The fraction of sp³-hybridized carbons (Fsp3) is 0.188. The van der Waals surface area contributed by atoms with Crippen molar-refractivity contribution in [1.29, 1.82) is 5.41 Å². The minimum absolute atomic E-state index is 0.601. The van der Waals surface area contributed by atoms with E-state index in [9.17, 15) is 0 Å². The van der Waals surface area contributed by atoms with E-state index in [0.717, 1.165) is 5.69 Å². The average molecular weight is 270 g/mol. The smallest absolute Gasteiger partial charge is 0.104 e. The van der Waals surface area contributed by atoms with Crippen molar-refractivity contribution in [3.8, 4) is 0 Å². The molecule has 0 aliphatic carbocycles. The van der Waals surface area contributed by atoms with Gasteiger partial charge in [0.15, 0.2) is 0 Å². The van der Waals surface area contributed by atoms with E-state index in [-0.39, 0.29) is 0 Å². The second-order valence-electron chi connectivity index (χ2n) is 4.37. The summed E-state index contributed by atoms with van der Waals surface area (Å²) in [4.78, 5) is 3.17. The molecule has 0 fully saturated rings. The standard InChI is InChI=1S/C16H18N2S/c1-18(14-8-4-3-5-9-14)16(17)12-13-7-6-10-15(11-13)19-2/h3-11,17H,12H2,1-2H3. The molecule has 0 aromatic heterocycles. The first kappa shape index (κ1) is 13.7. The lowest BCUT2D eigenvalue weighted by molar-refractivity contribution is 1.14. The molecular weight excluding hydrogens is 252 g/mol. The number of anilines is 1. The first-order valence-electron chi connectivity index (χ1n) is 6.20. The van der Waals surface area contributed by atoms with Crippen LogP contribution in [-0.4, -0.2) is 19.1 Å². The van der Waals surface area contributed by atoms with Crippen molar-refractivity contribution in [2.75, 3.05) is 18.2 Å². The predicted molar refractivity (Wildman–Crippen MR) is 84.5 cm³/mol. The third-order valence-corrected chi connectivity index (χ3v) is 3.78. The number of hydrogen-bond donors (Lipinski definition) is 1. The van der Waals surface area contributed by atoms with Crippen LogP contribution in [0.15, 0.2) is 59.5 Å². The first-order chi connectivity index (χ1) is 9.20. The molecule has 0 saturated carbocycles. The molecule has 0 aliphatic heterocycles. The zero-order valence-electron chi connectivity index (χ0n) is 11.3. The predicted octanol–water partition coefficient (Wildman–Crippen LogP) is 4.06. The van der Waals surface area contributed by atoms with E-state index in [2.05, 4.69) is 30.5 Å². The SMILES string of the molecule is CSc1cccc(CC(=N)N(C)c2ccccc2)c1. The molecule has 1 N–H and O–H groups in total. The number of amidine groups is 1. The van der Waals surface area contributed by atoms with Crippen LogP contribution in [0.2, 0.25) is 0 Å². The van der Waals surface area contributed by atoms with Gasteiger partial charge in [0.2, 0.25) is 0 Å². The molecule has 0 spiro atoms. The third kappa shape index (κ3) is 3.61. The maximum absolute atomic E-state index is 8.22. The Hall–Kier alpha value is -1.74. The Kier molecular flexibility index (Phi) is 4.63. The number of para-hydroxylation sites is 1. The highest BCUT2D eigenvalue weighted by molar-refractivity contribution is 7.98. The van der Waals surface area contributed by atoms with Crippen LogP contribution in [0.1, 0.15) is 5.56 Å². The van der Waals surface area contributed by atoms with Gasteiger partial charge in [-0.3, -0.25) is 5.41 Å². The van der Waals surface area contributed by atoms with Gasteiger partial charge in [-0.15, -0.1) is 11.8 Å². The number of hydrogen-bond acceptors (Lipinski definition) is 2. The van der Waals surface area contributed by atoms with Crippen LogP contribution in [0.5, 0.6) is 0 Å². The van der Waals surface area contributed by atoms with Crippen molar-refractivity contribution in [1.82, 2.24) is 0 Å². The molecule has 19 heavy (non-hydrogen) atoms. The largest absolute Gasteiger partial charge is 0.333 e.